The Kier molecular flexibility index (Phi) is 12.9. The number of hydrogen-bond donors (Lipinski definition) is 4. The Morgan fingerprint density at radius 2 is 1.05 bits per heavy atom. The summed E-state index contributed by atoms with van der Waals surface area (Å²) in [7, 11) is 0. The fraction of sp³-hybridized carbons (Fsp3) is 0.133. The zero-order chi connectivity index (χ0) is 41.8. The molecule has 15 heteroatoms. The molecule has 60 heavy (non-hydrogen) atoms. The number of rotatable bonds is 16. The highest BCUT2D eigenvalue weighted by Crippen LogP contribution is 2.43. The minimum atomic E-state index is -1.16. The molecule has 6 aromatic carbocycles. The van der Waals surface area contributed by atoms with Gasteiger partial charge >= 0.3 is 0 Å². The number of ketones is 1. The lowest BCUT2D eigenvalue weighted by molar-refractivity contribution is -0.125. The maximum absolute atomic E-state index is 16.9. The number of carbonyl (C=O) groups is 1. The monoisotopic (exact) mass is 972 g/mol. The van der Waals surface area contributed by atoms with Crippen LogP contribution in [0.4, 0.5) is 31.5 Å². The van der Waals surface area contributed by atoms with Gasteiger partial charge in [0.1, 0.15) is 11.0 Å². The molecule has 0 fully saturated rings. The number of nitrogens with one attached hydrogen (secondary N) is 4. The molecule has 0 bridgehead atoms. The molecule has 0 aliphatic heterocycles. The summed E-state index contributed by atoms with van der Waals surface area (Å²) in [6, 6.07) is 32.6. The molecule has 0 spiro atoms. The summed E-state index contributed by atoms with van der Waals surface area (Å²) in [5.41, 5.74) is 3.77. The maximum atomic E-state index is 16.9. The highest BCUT2D eigenvalue weighted by molar-refractivity contribution is 9.10. The molecular weight excluding hydrogens is 941 g/mol. The normalized spacial score (nSPS) is 12.5. The number of hydrogen-bond acceptors (Lipinski definition) is 7. The minimum absolute atomic E-state index is 0.0281. The van der Waals surface area contributed by atoms with Crippen LogP contribution >= 0.6 is 55.1 Å². The first-order valence-corrected chi connectivity index (χ1v) is 21.0. The Bertz CT molecular complexity index is 2620. The molecule has 2 atom stereocenters. The molecule has 0 aliphatic carbocycles. The predicted molar refractivity (Wildman–Crippen MR) is 240 cm³/mol. The van der Waals surface area contributed by atoms with Crippen molar-refractivity contribution in [2.45, 2.75) is 25.0 Å². The molecule has 0 aliphatic rings. The van der Waals surface area contributed by atoms with E-state index in [1.165, 1.54) is 12.7 Å². The molecule has 2 aromatic heterocycles. The lowest BCUT2D eigenvalue weighted by atomic mass is 9.82. The van der Waals surface area contributed by atoms with Crippen LogP contribution in [0.25, 0.3) is 22.1 Å². The molecular formula is C45H34Br2Cl2F2N6O3. The fourth-order valence-electron chi connectivity index (χ4n) is 7.01. The van der Waals surface area contributed by atoms with Gasteiger partial charge in [-0.15, -0.1) is 0 Å². The summed E-state index contributed by atoms with van der Waals surface area (Å²) in [6.07, 6.45) is 2.76. The van der Waals surface area contributed by atoms with Crippen LogP contribution in [0.2, 0.25) is 10.0 Å². The molecule has 8 rings (SSSR count). The van der Waals surface area contributed by atoms with E-state index in [0.717, 1.165) is 20.1 Å². The number of ether oxygens (including phenoxy) is 2. The van der Waals surface area contributed by atoms with Gasteiger partial charge in [-0.3, -0.25) is 4.79 Å². The van der Waals surface area contributed by atoms with Crippen molar-refractivity contribution in [1.82, 2.24) is 19.9 Å². The predicted octanol–water partition coefficient (Wildman–Crippen LogP) is 12.9. The van der Waals surface area contributed by atoms with E-state index in [9.17, 15) is 0 Å². The Morgan fingerprint density at radius 1 is 0.633 bits per heavy atom. The quantitative estimate of drug-likeness (QED) is 0.0762. The minimum Gasteiger partial charge on any atom is -0.376 e. The Hall–Kier alpha value is -5.15. The third-order valence-electron chi connectivity index (χ3n) is 9.98. The Morgan fingerprint density at radius 3 is 1.45 bits per heavy atom. The van der Waals surface area contributed by atoms with Crippen molar-refractivity contribution in [3.8, 4) is 0 Å². The zero-order valence-corrected chi connectivity index (χ0v) is 36.1. The molecule has 2 heterocycles. The average molecular weight is 976 g/mol. The number of carbonyl (C=O) groups excluding carboxylic acids is 1. The lowest BCUT2D eigenvalue weighted by Gasteiger charge is -2.27. The Labute approximate surface area is 370 Å². The standard InChI is InChI=1S/C45H34Br2Cl2F2N6O3/c46-27-11-13-35(33(48)15-27)56-41-29(17-37-43(39(41)50)54-23-52-37)31(21-59-19-25-7-3-1-4-8-25)45(58)32(22-60-20-26-9-5-2-6-10-26)30-18-38-44(55-24-53-38)40(51)42(30)57-36-14-12-28(47)16-34(36)49/h1-18,23-24,31-32,56-57H,19-22H2,(H,52,54)(H,53,55). The van der Waals surface area contributed by atoms with Crippen LogP contribution in [0.3, 0.4) is 0 Å². The fourth-order valence-corrected chi connectivity index (χ4v) is 8.45. The van der Waals surface area contributed by atoms with Gasteiger partial charge in [0, 0.05) is 8.95 Å². The first kappa shape index (κ1) is 41.6. The van der Waals surface area contributed by atoms with E-state index in [1.807, 2.05) is 60.7 Å². The topological polar surface area (TPSA) is 117 Å². The number of fused-ring (bicyclic) bond motifs is 2. The highest BCUT2D eigenvalue weighted by atomic mass is 79.9. The number of anilines is 4. The number of aromatic nitrogens is 4. The summed E-state index contributed by atoms with van der Waals surface area (Å²) in [5.74, 6) is -4.19. The number of halogens is 6. The molecule has 8 aromatic rings. The molecule has 0 saturated carbocycles. The van der Waals surface area contributed by atoms with Gasteiger partial charge in [-0.25, -0.2) is 18.7 Å². The van der Waals surface area contributed by atoms with Crippen LogP contribution in [0.5, 0.6) is 0 Å². The van der Waals surface area contributed by atoms with Crippen molar-refractivity contribution in [3.63, 3.8) is 0 Å². The third kappa shape index (κ3) is 9.12. The van der Waals surface area contributed by atoms with E-state index in [0.29, 0.717) is 32.5 Å². The van der Waals surface area contributed by atoms with Gasteiger partial charge in [-0.05, 0) is 70.8 Å². The first-order valence-electron chi connectivity index (χ1n) is 18.7. The summed E-state index contributed by atoms with van der Waals surface area (Å²) >= 11 is 20.2. The lowest BCUT2D eigenvalue weighted by Crippen LogP contribution is -2.29. The van der Waals surface area contributed by atoms with Crippen LogP contribution in [-0.2, 0) is 27.5 Å². The van der Waals surface area contributed by atoms with Gasteiger partial charge < -0.3 is 30.1 Å². The number of H-pyrrole nitrogens is 2. The van der Waals surface area contributed by atoms with E-state index >= 15 is 13.6 Å². The molecule has 4 N–H and O–H groups in total. The van der Waals surface area contributed by atoms with E-state index in [2.05, 4.69) is 62.4 Å². The molecule has 0 saturated heterocycles. The van der Waals surface area contributed by atoms with Gasteiger partial charge in [-0.1, -0.05) is 116 Å². The van der Waals surface area contributed by atoms with Gasteiger partial charge in [0.15, 0.2) is 17.4 Å². The van der Waals surface area contributed by atoms with Crippen molar-refractivity contribution in [2.75, 3.05) is 23.8 Å². The number of imidazole rings is 2. The smallest absolute Gasteiger partial charge is 0.174 e. The van der Waals surface area contributed by atoms with Gasteiger partial charge in [-0.2, -0.15) is 0 Å². The van der Waals surface area contributed by atoms with Gasteiger partial charge in [0.25, 0.3) is 0 Å². The van der Waals surface area contributed by atoms with Crippen molar-refractivity contribution >= 4 is 106 Å². The molecule has 9 nitrogen and oxygen atoms in total. The summed E-state index contributed by atoms with van der Waals surface area (Å²) < 4.78 is 47.9. The van der Waals surface area contributed by atoms with E-state index in [-0.39, 0.29) is 60.0 Å². The summed E-state index contributed by atoms with van der Waals surface area (Å²) in [5, 5.41) is 6.94. The highest BCUT2D eigenvalue weighted by Gasteiger charge is 2.36. The van der Waals surface area contributed by atoms with E-state index in [4.69, 9.17) is 32.7 Å². The van der Waals surface area contributed by atoms with Crippen molar-refractivity contribution in [2.24, 2.45) is 0 Å². The second-order valence-electron chi connectivity index (χ2n) is 13.9. The number of benzene rings is 6. The molecule has 0 radical (unpaired) electrons. The Balaban J connectivity index is 1.29. The zero-order valence-electron chi connectivity index (χ0n) is 31.4. The first-order chi connectivity index (χ1) is 29.1. The van der Waals surface area contributed by atoms with Crippen LogP contribution in [0.1, 0.15) is 34.1 Å². The second-order valence-corrected chi connectivity index (χ2v) is 16.6. The number of Topliss-reactive ketones (excluding diaryl/α,β-unsaturated/α-hetero) is 1. The van der Waals surface area contributed by atoms with Gasteiger partial charge in [0.05, 0.1) is 94.7 Å². The van der Waals surface area contributed by atoms with Crippen molar-refractivity contribution in [1.29, 1.82) is 0 Å². The van der Waals surface area contributed by atoms with Crippen molar-refractivity contribution in [3.05, 3.63) is 175 Å². The van der Waals surface area contributed by atoms with Crippen LogP contribution in [0, 0.1) is 11.6 Å². The molecule has 0 amide bonds. The largest absolute Gasteiger partial charge is 0.376 e. The third-order valence-corrected chi connectivity index (χ3v) is 11.6. The van der Waals surface area contributed by atoms with Crippen LogP contribution < -0.4 is 10.6 Å². The van der Waals surface area contributed by atoms with Crippen molar-refractivity contribution < 1.29 is 23.0 Å². The SMILES string of the molecule is O=C(C(COCc1ccccc1)c1cc2[nH]cnc2c(F)c1Nc1ccc(Br)cc1Cl)C(COCc1ccccc1)c1cc2[nH]cnc2c(F)c1Nc1ccc(Br)cc1Cl. The summed E-state index contributed by atoms with van der Waals surface area (Å²) in [6.45, 7) is -0.0827. The van der Waals surface area contributed by atoms with E-state index < -0.39 is 29.3 Å². The van der Waals surface area contributed by atoms with Crippen LogP contribution in [0.15, 0.2) is 131 Å². The molecule has 2 unspecified atom stereocenters. The molecule has 304 valence electrons. The van der Waals surface area contributed by atoms with Gasteiger partial charge in [0.2, 0.25) is 0 Å². The van der Waals surface area contributed by atoms with Crippen LogP contribution in [-0.4, -0.2) is 38.9 Å². The number of nitrogens with zero attached hydrogens (tertiary/aromatic N) is 2. The second kappa shape index (κ2) is 18.6. The maximum Gasteiger partial charge on any atom is 0.174 e. The number of aromatic amines is 2. The van der Waals surface area contributed by atoms with E-state index in [1.54, 1.807) is 48.5 Å². The summed E-state index contributed by atoms with van der Waals surface area (Å²) in [4.78, 5) is 30.2. The average Bonchev–Trinajstić information content (AvgIpc) is 3.93.